The molecule has 132 valence electrons. The van der Waals surface area contributed by atoms with Gasteiger partial charge in [-0.2, -0.15) is 0 Å². The molecule has 2 heterocycles. The number of carbonyl (C=O) groups is 1. The van der Waals surface area contributed by atoms with Gasteiger partial charge in [-0.25, -0.2) is 0 Å². The second-order valence-corrected chi connectivity index (χ2v) is 6.84. The van der Waals surface area contributed by atoms with Gasteiger partial charge in [0.25, 0.3) is 5.91 Å². The summed E-state index contributed by atoms with van der Waals surface area (Å²) in [5.41, 5.74) is 2.06. The number of hydrogen-bond donors (Lipinski definition) is 1. The van der Waals surface area contributed by atoms with Crippen LogP contribution in [0.25, 0.3) is 0 Å². The highest BCUT2D eigenvalue weighted by Gasteiger charge is 2.27. The molecule has 1 atom stereocenters. The first kappa shape index (κ1) is 17.4. The molecule has 0 spiro atoms. The lowest BCUT2D eigenvalue weighted by atomic mass is 10.0. The molecule has 1 saturated heterocycles. The molecular formula is C20H25N3O2. The van der Waals surface area contributed by atoms with Gasteiger partial charge in [-0.05, 0) is 32.4 Å². The van der Waals surface area contributed by atoms with Gasteiger partial charge in [0.15, 0.2) is 5.43 Å². The van der Waals surface area contributed by atoms with Crippen molar-refractivity contribution in [3.63, 3.8) is 0 Å². The van der Waals surface area contributed by atoms with Gasteiger partial charge in [-0.1, -0.05) is 30.3 Å². The molecule has 0 radical (unpaired) electrons. The fourth-order valence-corrected chi connectivity index (χ4v) is 3.41. The molecule has 1 N–H and O–H groups in total. The van der Waals surface area contributed by atoms with Crippen molar-refractivity contribution in [2.24, 2.45) is 0 Å². The molecule has 3 rings (SSSR count). The molecule has 0 bridgehead atoms. The summed E-state index contributed by atoms with van der Waals surface area (Å²) in [7, 11) is 2.10. The number of rotatable bonds is 4. The topological polar surface area (TPSA) is 56.4 Å². The van der Waals surface area contributed by atoms with E-state index in [0.29, 0.717) is 19.1 Å². The molecule has 0 aliphatic carbocycles. The van der Waals surface area contributed by atoms with E-state index in [1.54, 1.807) is 0 Å². The van der Waals surface area contributed by atoms with Gasteiger partial charge in [0.1, 0.15) is 5.56 Å². The number of carbonyl (C=O) groups excluding carboxylic acids is 1. The first-order chi connectivity index (χ1) is 12.0. The minimum Gasteiger partial charge on any atom is -0.364 e. The van der Waals surface area contributed by atoms with Gasteiger partial charge in [-0.3, -0.25) is 14.5 Å². The predicted molar refractivity (Wildman–Crippen MR) is 98.6 cm³/mol. The van der Waals surface area contributed by atoms with E-state index in [1.165, 1.54) is 17.8 Å². The van der Waals surface area contributed by atoms with Crippen LogP contribution in [-0.4, -0.2) is 46.9 Å². The van der Waals surface area contributed by atoms with Crippen LogP contribution >= 0.6 is 0 Å². The minimum absolute atomic E-state index is 0.168. The number of likely N-dealkylation sites (tertiary alicyclic amines) is 1. The number of aromatic nitrogens is 1. The van der Waals surface area contributed by atoms with Crippen molar-refractivity contribution in [2.45, 2.75) is 32.4 Å². The zero-order chi connectivity index (χ0) is 17.8. The molecule has 1 aromatic heterocycles. The summed E-state index contributed by atoms with van der Waals surface area (Å²) in [4.78, 5) is 31.9. The van der Waals surface area contributed by atoms with Crippen LogP contribution < -0.4 is 5.43 Å². The Kier molecular flexibility index (Phi) is 5.34. The van der Waals surface area contributed by atoms with E-state index < -0.39 is 0 Å². The molecule has 2 aromatic rings. The Hall–Kier alpha value is -2.40. The lowest BCUT2D eigenvalue weighted by Crippen LogP contribution is -2.49. The summed E-state index contributed by atoms with van der Waals surface area (Å²) < 4.78 is 0. The lowest BCUT2D eigenvalue weighted by molar-refractivity contribution is 0.0600. The number of H-pyrrole nitrogens is 1. The molecule has 5 nitrogen and oxygen atoms in total. The van der Waals surface area contributed by atoms with Crippen molar-refractivity contribution in [2.75, 3.05) is 20.1 Å². The molecule has 1 amide bonds. The number of benzene rings is 1. The second kappa shape index (κ2) is 7.66. The molecule has 25 heavy (non-hydrogen) atoms. The molecule has 1 aliphatic heterocycles. The number of likely N-dealkylation sites (N-methyl/N-ethyl adjacent to an activating group) is 1. The number of amides is 1. The van der Waals surface area contributed by atoms with Crippen molar-refractivity contribution >= 4 is 5.91 Å². The number of hydrogen-bond acceptors (Lipinski definition) is 3. The lowest BCUT2D eigenvalue weighted by Gasteiger charge is -2.37. The summed E-state index contributed by atoms with van der Waals surface area (Å²) in [6.45, 7) is 4.04. The maximum atomic E-state index is 12.7. The van der Waals surface area contributed by atoms with Gasteiger partial charge in [-0.15, -0.1) is 0 Å². The maximum absolute atomic E-state index is 12.7. The molecule has 1 unspecified atom stereocenters. The maximum Gasteiger partial charge on any atom is 0.259 e. The zero-order valence-corrected chi connectivity index (χ0v) is 14.9. The Morgan fingerprint density at radius 1 is 1.32 bits per heavy atom. The van der Waals surface area contributed by atoms with Crippen LogP contribution in [0.5, 0.6) is 0 Å². The standard InChI is InChI=1S/C20H25N3O2/c1-15-11-19(24)18(12-21-15)20(25)23-10-6-9-17(14-23)22(2)13-16-7-4-3-5-8-16/h3-5,7-8,11-12,17H,6,9-10,13-14H2,1-2H3,(H,21,24). The molecular weight excluding hydrogens is 314 g/mol. The Bertz CT molecular complexity index is 785. The largest absolute Gasteiger partial charge is 0.364 e. The van der Waals surface area contributed by atoms with Gasteiger partial charge in [0.05, 0.1) is 0 Å². The quantitative estimate of drug-likeness (QED) is 0.931. The molecule has 5 heteroatoms. The summed E-state index contributed by atoms with van der Waals surface area (Å²) in [6.07, 6.45) is 3.56. The number of nitrogens with zero attached hydrogens (tertiary/aromatic N) is 2. The highest BCUT2D eigenvalue weighted by molar-refractivity contribution is 5.93. The van der Waals surface area contributed by atoms with E-state index in [9.17, 15) is 9.59 Å². The molecule has 1 fully saturated rings. The fraction of sp³-hybridized carbons (Fsp3) is 0.400. The smallest absolute Gasteiger partial charge is 0.259 e. The van der Waals surface area contributed by atoms with Crippen molar-refractivity contribution in [3.8, 4) is 0 Å². The van der Waals surface area contributed by atoms with E-state index in [-0.39, 0.29) is 16.9 Å². The number of aromatic amines is 1. The van der Waals surface area contributed by atoms with Crippen LogP contribution in [0.1, 0.15) is 34.5 Å². The SMILES string of the molecule is Cc1cc(=O)c(C(=O)N2CCCC(N(C)Cc3ccccc3)C2)c[nH]1. The van der Waals surface area contributed by atoms with Gasteiger partial charge < -0.3 is 9.88 Å². The Morgan fingerprint density at radius 2 is 2.08 bits per heavy atom. The summed E-state index contributed by atoms with van der Waals surface area (Å²) >= 11 is 0. The van der Waals surface area contributed by atoms with E-state index in [4.69, 9.17) is 0 Å². The van der Waals surface area contributed by atoms with Crippen LogP contribution in [0, 0.1) is 6.92 Å². The highest BCUT2D eigenvalue weighted by atomic mass is 16.2. The normalized spacial score (nSPS) is 17.7. The van der Waals surface area contributed by atoms with Crippen molar-refractivity contribution < 1.29 is 4.79 Å². The summed E-state index contributed by atoms with van der Waals surface area (Å²) in [6, 6.07) is 12.1. The summed E-state index contributed by atoms with van der Waals surface area (Å²) in [5, 5.41) is 0. The minimum atomic E-state index is -0.207. The zero-order valence-electron chi connectivity index (χ0n) is 14.9. The van der Waals surface area contributed by atoms with Crippen molar-refractivity contribution in [1.29, 1.82) is 0 Å². The van der Waals surface area contributed by atoms with E-state index >= 15 is 0 Å². The van der Waals surface area contributed by atoms with Crippen LogP contribution in [-0.2, 0) is 6.54 Å². The third-order valence-corrected chi connectivity index (χ3v) is 4.87. The van der Waals surface area contributed by atoms with Gasteiger partial charge in [0, 0.05) is 43.6 Å². The van der Waals surface area contributed by atoms with Crippen LogP contribution in [0.3, 0.4) is 0 Å². The van der Waals surface area contributed by atoms with Gasteiger partial charge >= 0.3 is 0 Å². The molecule has 1 aliphatic rings. The average Bonchev–Trinajstić information content (AvgIpc) is 2.62. The van der Waals surface area contributed by atoms with Crippen LogP contribution in [0.2, 0.25) is 0 Å². The Morgan fingerprint density at radius 3 is 2.80 bits per heavy atom. The second-order valence-electron chi connectivity index (χ2n) is 6.84. The van der Waals surface area contributed by atoms with Crippen LogP contribution in [0.4, 0.5) is 0 Å². The first-order valence-electron chi connectivity index (χ1n) is 8.77. The fourth-order valence-electron chi connectivity index (χ4n) is 3.41. The van der Waals surface area contributed by atoms with Crippen molar-refractivity contribution in [3.05, 3.63) is 69.6 Å². The predicted octanol–water partition coefficient (Wildman–Crippen LogP) is 2.42. The number of nitrogens with one attached hydrogen (secondary N) is 1. The first-order valence-corrected chi connectivity index (χ1v) is 8.77. The molecule has 1 aromatic carbocycles. The van der Waals surface area contributed by atoms with E-state index in [0.717, 1.165) is 25.1 Å². The third kappa shape index (κ3) is 4.17. The number of piperidine rings is 1. The van der Waals surface area contributed by atoms with Gasteiger partial charge in [0.2, 0.25) is 0 Å². The highest BCUT2D eigenvalue weighted by Crippen LogP contribution is 2.18. The third-order valence-electron chi connectivity index (χ3n) is 4.87. The van der Waals surface area contributed by atoms with Crippen molar-refractivity contribution in [1.82, 2.24) is 14.8 Å². The van der Waals surface area contributed by atoms with E-state index in [1.807, 2.05) is 30.0 Å². The average molecular weight is 339 g/mol. The van der Waals surface area contributed by atoms with E-state index in [2.05, 4.69) is 29.1 Å². The number of aryl methyl sites for hydroxylation is 1. The summed E-state index contributed by atoms with van der Waals surface area (Å²) in [5.74, 6) is -0.168. The Labute approximate surface area is 148 Å². The van der Waals surface area contributed by atoms with Crippen LogP contribution in [0.15, 0.2) is 47.4 Å². The number of pyridine rings is 1. The Balaban J connectivity index is 1.68. The molecule has 0 saturated carbocycles. The monoisotopic (exact) mass is 339 g/mol.